The highest BCUT2D eigenvalue weighted by Gasteiger charge is 2.09. The van der Waals surface area contributed by atoms with E-state index in [1.54, 1.807) is 30.3 Å². The predicted octanol–water partition coefficient (Wildman–Crippen LogP) is 4.78. The van der Waals surface area contributed by atoms with Gasteiger partial charge in [-0.1, -0.05) is 32.8 Å². The Bertz CT molecular complexity index is 896. The van der Waals surface area contributed by atoms with Crippen molar-refractivity contribution in [3.8, 4) is 0 Å². The van der Waals surface area contributed by atoms with Crippen LogP contribution >= 0.6 is 0 Å². The van der Waals surface area contributed by atoms with Crippen LogP contribution in [-0.2, 0) is 9.59 Å². The SMILES string of the molecule is CCCCCC(=O)Nc1cccc(NCC(=O)Nc2ccc(C(=O)NC(C)CC)cc2)c1. The molecule has 0 aliphatic rings. The second kappa shape index (κ2) is 13.1. The monoisotopic (exact) mass is 438 g/mol. The Morgan fingerprint density at radius 2 is 1.53 bits per heavy atom. The molecular weight excluding hydrogens is 404 g/mol. The van der Waals surface area contributed by atoms with Crippen LogP contribution in [0.3, 0.4) is 0 Å². The van der Waals surface area contributed by atoms with Crippen molar-refractivity contribution >= 4 is 34.8 Å². The highest BCUT2D eigenvalue weighted by Crippen LogP contribution is 2.16. The van der Waals surface area contributed by atoms with Crippen LogP contribution in [0.25, 0.3) is 0 Å². The van der Waals surface area contributed by atoms with Crippen LogP contribution in [0.4, 0.5) is 17.1 Å². The van der Waals surface area contributed by atoms with E-state index in [4.69, 9.17) is 0 Å². The third kappa shape index (κ3) is 8.79. The lowest BCUT2D eigenvalue weighted by Gasteiger charge is -2.12. The maximum atomic E-state index is 12.3. The fraction of sp³-hybridized carbons (Fsp3) is 0.400. The largest absolute Gasteiger partial charge is 0.376 e. The van der Waals surface area contributed by atoms with E-state index in [0.717, 1.165) is 31.4 Å². The maximum Gasteiger partial charge on any atom is 0.251 e. The molecule has 172 valence electrons. The molecule has 0 saturated carbocycles. The van der Waals surface area contributed by atoms with Crippen LogP contribution in [0.2, 0.25) is 0 Å². The van der Waals surface area contributed by atoms with Crippen LogP contribution in [0.1, 0.15) is 63.2 Å². The van der Waals surface area contributed by atoms with E-state index in [2.05, 4.69) is 28.2 Å². The Morgan fingerprint density at radius 3 is 2.22 bits per heavy atom. The number of anilines is 3. The number of hydrogen-bond donors (Lipinski definition) is 4. The number of carbonyl (C=O) groups is 3. The number of rotatable bonds is 12. The summed E-state index contributed by atoms with van der Waals surface area (Å²) in [4.78, 5) is 36.4. The number of amides is 3. The average Bonchev–Trinajstić information content (AvgIpc) is 2.78. The summed E-state index contributed by atoms with van der Waals surface area (Å²) in [7, 11) is 0. The fourth-order valence-corrected chi connectivity index (χ4v) is 2.97. The van der Waals surface area contributed by atoms with E-state index in [9.17, 15) is 14.4 Å². The van der Waals surface area contributed by atoms with Gasteiger partial charge in [-0.05, 0) is 62.2 Å². The molecule has 0 aromatic heterocycles. The number of carbonyl (C=O) groups excluding carboxylic acids is 3. The Morgan fingerprint density at radius 1 is 0.844 bits per heavy atom. The molecule has 7 nitrogen and oxygen atoms in total. The summed E-state index contributed by atoms with van der Waals surface area (Å²) in [6.45, 7) is 6.14. The second-order valence-corrected chi connectivity index (χ2v) is 7.85. The third-order valence-corrected chi connectivity index (χ3v) is 5.03. The first-order valence-corrected chi connectivity index (χ1v) is 11.3. The first-order chi connectivity index (χ1) is 15.4. The van der Waals surface area contributed by atoms with E-state index in [-0.39, 0.29) is 30.3 Å². The Balaban J connectivity index is 1.81. The van der Waals surface area contributed by atoms with Gasteiger partial charge in [0.05, 0.1) is 6.54 Å². The highest BCUT2D eigenvalue weighted by atomic mass is 16.2. The van der Waals surface area contributed by atoms with Gasteiger partial charge in [-0.15, -0.1) is 0 Å². The minimum atomic E-state index is -0.212. The van der Waals surface area contributed by atoms with Crippen molar-refractivity contribution in [2.45, 2.75) is 58.9 Å². The molecule has 0 aliphatic carbocycles. The molecule has 0 saturated heterocycles. The topological polar surface area (TPSA) is 99.3 Å². The third-order valence-electron chi connectivity index (χ3n) is 5.03. The van der Waals surface area contributed by atoms with Crippen LogP contribution in [0.5, 0.6) is 0 Å². The summed E-state index contributed by atoms with van der Waals surface area (Å²) < 4.78 is 0. The number of hydrogen-bond acceptors (Lipinski definition) is 4. The van der Waals surface area contributed by atoms with Crippen LogP contribution < -0.4 is 21.3 Å². The van der Waals surface area contributed by atoms with Crippen molar-refractivity contribution in [2.75, 3.05) is 22.5 Å². The summed E-state index contributed by atoms with van der Waals surface area (Å²) in [6, 6.07) is 14.2. The van der Waals surface area contributed by atoms with Gasteiger partial charge in [0, 0.05) is 35.1 Å². The van der Waals surface area contributed by atoms with Gasteiger partial charge in [0.2, 0.25) is 11.8 Å². The van der Waals surface area contributed by atoms with Crippen molar-refractivity contribution in [1.82, 2.24) is 5.32 Å². The van der Waals surface area contributed by atoms with E-state index in [1.807, 2.05) is 32.0 Å². The minimum absolute atomic E-state index is 0.00498. The zero-order valence-electron chi connectivity index (χ0n) is 19.2. The molecule has 0 radical (unpaired) electrons. The van der Waals surface area contributed by atoms with Gasteiger partial charge in [0.25, 0.3) is 5.91 Å². The molecular formula is C25H34N4O3. The smallest absolute Gasteiger partial charge is 0.251 e. The van der Waals surface area contributed by atoms with Crippen LogP contribution in [0, 0.1) is 0 Å². The Hall–Kier alpha value is -3.35. The highest BCUT2D eigenvalue weighted by molar-refractivity contribution is 5.97. The lowest BCUT2D eigenvalue weighted by atomic mass is 10.1. The van der Waals surface area contributed by atoms with Crippen LogP contribution in [0.15, 0.2) is 48.5 Å². The molecule has 2 rings (SSSR count). The molecule has 7 heteroatoms. The number of nitrogens with one attached hydrogen (secondary N) is 4. The van der Waals surface area contributed by atoms with E-state index < -0.39 is 0 Å². The number of benzene rings is 2. The lowest BCUT2D eigenvalue weighted by molar-refractivity contribution is -0.116. The minimum Gasteiger partial charge on any atom is -0.376 e. The molecule has 1 unspecified atom stereocenters. The van der Waals surface area contributed by atoms with E-state index in [0.29, 0.717) is 23.4 Å². The molecule has 1 atom stereocenters. The van der Waals surface area contributed by atoms with Gasteiger partial charge < -0.3 is 21.3 Å². The summed E-state index contributed by atoms with van der Waals surface area (Å²) in [5.74, 6) is -0.346. The summed E-state index contributed by atoms with van der Waals surface area (Å²) in [5, 5.41) is 11.7. The molecule has 2 aromatic carbocycles. The Kier molecular flexibility index (Phi) is 10.2. The van der Waals surface area contributed by atoms with Gasteiger partial charge >= 0.3 is 0 Å². The molecule has 4 N–H and O–H groups in total. The van der Waals surface area contributed by atoms with Crippen molar-refractivity contribution in [2.24, 2.45) is 0 Å². The quantitative estimate of drug-likeness (QED) is 0.358. The molecule has 0 bridgehead atoms. The molecule has 3 amide bonds. The zero-order valence-corrected chi connectivity index (χ0v) is 19.2. The molecule has 0 spiro atoms. The predicted molar refractivity (Wildman–Crippen MR) is 130 cm³/mol. The molecule has 0 heterocycles. The normalized spacial score (nSPS) is 11.3. The van der Waals surface area contributed by atoms with Crippen molar-refractivity contribution in [3.63, 3.8) is 0 Å². The van der Waals surface area contributed by atoms with Gasteiger partial charge in [0.15, 0.2) is 0 Å². The van der Waals surface area contributed by atoms with Gasteiger partial charge in [-0.3, -0.25) is 14.4 Å². The van der Waals surface area contributed by atoms with Crippen molar-refractivity contribution in [1.29, 1.82) is 0 Å². The number of unbranched alkanes of at least 4 members (excludes halogenated alkanes) is 2. The van der Waals surface area contributed by atoms with Gasteiger partial charge in [0.1, 0.15) is 0 Å². The van der Waals surface area contributed by atoms with E-state index in [1.165, 1.54) is 0 Å². The van der Waals surface area contributed by atoms with Gasteiger partial charge in [-0.25, -0.2) is 0 Å². The summed E-state index contributed by atoms with van der Waals surface area (Å²) in [5.41, 5.74) is 2.60. The second-order valence-electron chi connectivity index (χ2n) is 7.85. The maximum absolute atomic E-state index is 12.3. The average molecular weight is 439 g/mol. The molecule has 0 aliphatic heterocycles. The molecule has 32 heavy (non-hydrogen) atoms. The van der Waals surface area contributed by atoms with Crippen molar-refractivity contribution < 1.29 is 14.4 Å². The first kappa shape index (κ1) is 24.9. The molecule has 0 fully saturated rings. The standard InChI is InChI=1S/C25H34N4O3/c1-4-6-7-11-23(30)29-22-10-8-9-21(16-22)26-17-24(31)28-20-14-12-19(13-15-20)25(32)27-18(3)5-2/h8-10,12-16,18,26H,4-7,11,17H2,1-3H3,(H,27,32)(H,28,31)(H,29,30). The zero-order chi connectivity index (χ0) is 23.3. The summed E-state index contributed by atoms with van der Waals surface area (Å²) >= 11 is 0. The molecule has 2 aromatic rings. The van der Waals surface area contributed by atoms with E-state index >= 15 is 0 Å². The van der Waals surface area contributed by atoms with Crippen molar-refractivity contribution in [3.05, 3.63) is 54.1 Å². The van der Waals surface area contributed by atoms with Gasteiger partial charge in [-0.2, -0.15) is 0 Å². The Labute approximate surface area is 190 Å². The first-order valence-electron chi connectivity index (χ1n) is 11.3. The van der Waals surface area contributed by atoms with Crippen LogP contribution in [-0.4, -0.2) is 30.3 Å². The fourth-order valence-electron chi connectivity index (χ4n) is 2.97. The lowest BCUT2D eigenvalue weighted by Crippen LogP contribution is -2.31. The summed E-state index contributed by atoms with van der Waals surface area (Å²) in [6.07, 6.45) is 4.36.